The van der Waals surface area contributed by atoms with Crippen LogP contribution >= 0.6 is 0 Å². The number of carbonyl (C=O) groups is 1. The molecule has 0 fully saturated rings. The highest BCUT2D eigenvalue weighted by Crippen LogP contribution is 2.33. The Kier molecular flexibility index (Phi) is 8.15. The lowest BCUT2D eigenvalue weighted by molar-refractivity contribution is 0.0951. The van der Waals surface area contributed by atoms with Crippen molar-refractivity contribution in [3.63, 3.8) is 0 Å². The second kappa shape index (κ2) is 10.9. The van der Waals surface area contributed by atoms with Crippen LogP contribution in [-0.2, 0) is 16.6 Å². The Morgan fingerprint density at radius 2 is 1.56 bits per heavy atom. The van der Waals surface area contributed by atoms with E-state index in [0.717, 1.165) is 22.4 Å². The van der Waals surface area contributed by atoms with Gasteiger partial charge in [0.05, 0.1) is 18.5 Å². The molecule has 34 heavy (non-hydrogen) atoms. The van der Waals surface area contributed by atoms with Crippen LogP contribution in [0.25, 0.3) is 0 Å². The van der Waals surface area contributed by atoms with Crippen molar-refractivity contribution in [1.82, 2.24) is 5.32 Å². The maximum Gasteiger partial charge on any atom is 0.251 e. The predicted molar refractivity (Wildman–Crippen MR) is 140 cm³/mol. The summed E-state index contributed by atoms with van der Waals surface area (Å²) in [6.07, 6.45) is 1.24. The van der Waals surface area contributed by atoms with Crippen molar-refractivity contribution in [3.8, 4) is 0 Å². The molecule has 1 atom stereocenters. The minimum atomic E-state index is -3.51. The second-order valence-corrected chi connectivity index (χ2v) is 11.1. The number of sulfonamides is 1. The molecule has 0 bridgehead atoms. The Morgan fingerprint density at radius 3 is 2.15 bits per heavy atom. The zero-order valence-corrected chi connectivity index (χ0v) is 21.4. The van der Waals surface area contributed by atoms with Crippen LogP contribution in [-0.4, -0.2) is 27.1 Å². The number of nitrogens with one attached hydrogen (secondary N) is 1. The van der Waals surface area contributed by atoms with Crippen molar-refractivity contribution >= 4 is 21.6 Å². The van der Waals surface area contributed by atoms with E-state index in [4.69, 9.17) is 0 Å². The van der Waals surface area contributed by atoms with Gasteiger partial charge in [0, 0.05) is 12.1 Å². The molecule has 0 aliphatic rings. The summed E-state index contributed by atoms with van der Waals surface area (Å²) in [5.74, 6) is 0.246. The van der Waals surface area contributed by atoms with E-state index in [-0.39, 0.29) is 24.3 Å². The summed E-state index contributed by atoms with van der Waals surface area (Å²) in [5.41, 5.74) is 5.19. The quantitative estimate of drug-likeness (QED) is 0.434. The van der Waals surface area contributed by atoms with Crippen LogP contribution in [0.1, 0.15) is 65.2 Å². The highest BCUT2D eigenvalue weighted by Gasteiger charge is 2.23. The molecule has 0 aromatic heterocycles. The fraction of sp³-hybridized carbons (Fsp3) is 0.321. The van der Waals surface area contributed by atoms with Gasteiger partial charge in [-0.2, -0.15) is 0 Å². The molecule has 0 saturated heterocycles. The molecular formula is C28H34N2O3S. The van der Waals surface area contributed by atoms with Gasteiger partial charge in [-0.05, 0) is 53.1 Å². The molecule has 0 aliphatic heterocycles. The summed E-state index contributed by atoms with van der Waals surface area (Å²) in [5, 5.41) is 2.99. The van der Waals surface area contributed by atoms with Crippen molar-refractivity contribution in [1.29, 1.82) is 0 Å². The molecule has 0 spiro atoms. The Morgan fingerprint density at radius 1 is 0.912 bits per heavy atom. The Bertz CT molecular complexity index is 1220. The summed E-state index contributed by atoms with van der Waals surface area (Å²) in [4.78, 5) is 12.6. The first-order chi connectivity index (χ1) is 16.1. The Hall–Kier alpha value is -3.12. The van der Waals surface area contributed by atoms with Gasteiger partial charge in [-0.25, -0.2) is 8.42 Å². The third-order valence-electron chi connectivity index (χ3n) is 6.02. The molecule has 1 N–H and O–H groups in total. The molecule has 0 heterocycles. The van der Waals surface area contributed by atoms with Crippen LogP contribution in [0.5, 0.6) is 0 Å². The van der Waals surface area contributed by atoms with Crippen molar-refractivity contribution in [2.45, 2.75) is 46.1 Å². The van der Waals surface area contributed by atoms with E-state index >= 15 is 0 Å². The molecule has 3 aromatic carbocycles. The molecule has 0 radical (unpaired) electrons. The van der Waals surface area contributed by atoms with Gasteiger partial charge >= 0.3 is 0 Å². The summed E-state index contributed by atoms with van der Waals surface area (Å²) >= 11 is 0. The van der Waals surface area contributed by atoms with Crippen molar-refractivity contribution in [2.75, 3.05) is 17.1 Å². The lowest BCUT2D eigenvalue weighted by Gasteiger charge is -2.28. The van der Waals surface area contributed by atoms with Gasteiger partial charge < -0.3 is 5.32 Å². The zero-order chi connectivity index (χ0) is 24.9. The number of aryl methyl sites for hydroxylation is 1. The van der Waals surface area contributed by atoms with Crippen LogP contribution in [0.3, 0.4) is 0 Å². The summed E-state index contributed by atoms with van der Waals surface area (Å²) < 4.78 is 27.0. The number of hydrogen-bond acceptors (Lipinski definition) is 3. The normalized spacial score (nSPS) is 12.4. The summed E-state index contributed by atoms with van der Waals surface area (Å²) in [6, 6.07) is 23.1. The van der Waals surface area contributed by atoms with Gasteiger partial charge in [-0.15, -0.1) is 0 Å². The van der Waals surface area contributed by atoms with E-state index in [9.17, 15) is 13.2 Å². The fourth-order valence-corrected chi connectivity index (χ4v) is 4.99. The molecule has 5 nitrogen and oxygen atoms in total. The maximum atomic E-state index is 12.8. The summed E-state index contributed by atoms with van der Waals surface area (Å²) in [7, 11) is -3.51. The average molecular weight is 479 g/mol. The third-order valence-corrected chi connectivity index (χ3v) is 7.13. The van der Waals surface area contributed by atoms with Crippen LogP contribution in [0.15, 0.2) is 72.8 Å². The molecule has 0 aliphatic carbocycles. The van der Waals surface area contributed by atoms with E-state index < -0.39 is 10.0 Å². The standard InChI is InChI=1S/C28H34N2O3S/c1-20(2)26-13-9-10-21(3)27(26)30(34(5,32)33)19-23-14-16-25(17-15-23)28(31)29-18-22(4)24-11-7-6-8-12-24/h6-17,20,22H,18-19H2,1-5H3,(H,29,31)/t22-/m0/s1. The first-order valence-electron chi connectivity index (χ1n) is 11.6. The van der Waals surface area contributed by atoms with Gasteiger partial charge in [-0.1, -0.05) is 81.4 Å². The minimum Gasteiger partial charge on any atom is -0.351 e. The van der Waals surface area contributed by atoms with Crippen LogP contribution in [0.2, 0.25) is 0 Å². The molecule has 3 aromatic rings. The molecule has 3 rings (SSSR count). The first-order valence-corrected chi connectivity index (χ1v) is 13.4. The Balaban J connectivity index is 1.75. The van der Waals surface area contributed by atoms with E-state index in [2.05, 4.69) is 38.2 Å². The zero-order valence-electron chi connectivity index (χ0n) is 20.6. The van der Waals surface area contributed by atoms with Gasteiger partial charge in [0.2, 0.25) is 10.0 Å². The van der Waals surface area contributed by atoms with Gasteiger partial charge in [-0.3, -0.25) is 9.10 Å². The molecule has 6 heteroatoms. The van der Waals surface area contributed by atoms with Gasteiger partial charge in [0.25, 0.3) is 5.91 Å². The second-order valence-electron chi connectivity index (χ2n) is 9.16. The minimum absolute atomic E-state index is 0.143. The third kappa shape index (κ3) is 6.26. The topological polar surface area (TPSA) is 66.5 Å². The average Bonchev–Trinajstić information content (AvgIpc) is 2.81. The van der Waals surface area contributed by atoms with Gasteiger partial charge in [0.1, 0.15) is 0 Å². The number of para-hydroxylation sites is 1. The molecule has 0 saturated carbocycles. The number of carbonyl (C=O) groups excluding carboxylic acids is 1. The first kappa shape index (κ1) is 25.5. The number of rotatable bonds is 9. The van der Waals surface area contributed by atoms with Gasteiger partial charge in [0.15, 0.2) is 0 Å². The highest BCUT2D eigenvalue weighted by molar-refractivity contribution is 7.92. The molecule has 0 unspecified atom stereocenters. The molecule has 1 amide bonds. The fourth-order valence-electron chi connectivity index (χ4n) is 4.02. The Labute approximate surface area is 203 Å². The van der Waals surface area contributed by atoms with Crippen molar-refractivity contribution < 1.29 is 13.2 Å². The number of benzene rings is 3. The number of hydrogen-bond donors (Lipinski definition) is 1. The monoisotopic (exact) mass is 478 g/mol. The van der Waals surface area contributed by atoms with E-state index in [1.165, 1.54) is 16.1 Å². The predicted octanol–water partition coefficient (Wildman–Crippen LogP) is 5.62. The lowest BCUT2D eigenvalue weighted by atomic mass is 9.98. The van der Waals surface area contributed by atoms with E-state index in [0.29, 0.717) is 12.1 Å². The van der Waals surface area contributed by atoms with Crippen molar-refractivity contribution in [2.24, 2.45) is 0 Å². The van der Waals surface area contributed by atoms with Crippen LogP contribution in [0.4, 0.5) is 5.69 Å². The lowest BCUT2D eigenvalue weighted by Crippen LogP contribution is -2.31. The van der Waals surface area contributed by atoms with E-state index in [1.807, 2.05) is 55.5 Å². The maximum absolute atomic E-state index is 12.8. The number of anilines is 1. The summed E-state index contributed by atoms with van der Waals surface area (Å²) in [6.45, 7) is 8.88. The van der Waals surface area contributed by atoms with E-state index in [1.54, 1.807) is 12.1 Å². The molecular weight excluding hydrogens is 444 g/mol. The largest absolute Gasteiger partial charge is 0.351 e. The SMILES string of the molecule is Cc1cccc(C(C)C)c1N(Cc1ccc(C(=O)NC[C@H](C)c2ccccc2)cc1)S(C)(=O)=O. The highest BCUT2D eigenvalue weighted by atomic mass is 32.2. The van der Waals surface area contributed by atoms with Crippen LogP contribution < -0.4 is 9.62 Å². The smallest absolute Gasteiger partial charge is 0.251 e. The number of amides is 1. The van der Waals surface area contributed by atoms with Crippen molar-refractivity contribution in [3.05, 3.63) is 101 Å². The molecule has 180 valence electrons. The van der Waals surface area contributed by atoms with Crippen LogP contribution in [0, 0.1) is 6.92 Å². The number of nitrogens with zero attached hydrogens (tertiary/aromatic N) is 1.